The van der Waals surface area contributed by atoms with Crippen LogP contribution in [-0.2, 0) is 32.4 Å². The lowest BCUT2D eigenvalue weighted by molar-refractivity contribution is -0.138. The fourth-order valence-corrected chi connectivity index (χ4v) is 11.6. The van der Waals surface area contributed by atoms with E-state index in [1.54, 1.807) is 36.7 Å². The molecule has 14 nitrogen and oxygen atoms in total. The molecule has 6 heterocycles. The molecule has 2 atom stereocenters. The summed E-state index contributed by atoms with van der Waals surface area (Å²) in [5.41, 5.74) is 2.96. The number of halogens is 6. The highest BCUT2D eigenvalue weighted by Crippen LogP contribution is 2.46. The number of hydrogen-bond donors (Lipinski definition) is 2. The third kappa shape index (κ3) is 10.9. The molecule has 2 N–H and O–H groups in total. The van der Waals surface area contributed by atoms with Crippen LogP contribution in [0.15, 0.2) is 131 Å². The highest BCUT2D eigenvalue weighted by atomic mass is 32.2. The topological polar surface area (TPSA) is 188 Å². The van der Waals surface area contributed by atoms with E-state index in [4.69, 9.17) is 9.47 Å². The van der Waals surface area contributed by atoms with Gasteiger partial charge in [0.05, 0.1) is 55.5 Å². The normalized spacial score (nSPS) is 15.7. The van der Waals surface area contributed by atoms with Crippen molar-refractivity contribution < 1.29 is 52.7 Å². The Bertz CT molecular complexity index is 3280. The van der Waals surface area contributed by atoms with Gasteiger partial charge in [-0.15, -0.1) is 22.7 Å². The number of nitrogens with one attached hydrogen (secondary N) is 2. The van der Waals surface area contributed by atoms with Gasteiger partial charge in [0.1, 0.15) is 35.8 Å². The number of thiazole rings is 2. The number of benzene rings is 4. The van der Waals surface area contributed by atoms with Crippen LogP contribution in [0.5, 0.6) is 11.5 Å². The van der Waals surface area contributed by atoms with Gasteiger partial charge in [0.25, 0.3) is 20.0 Å². The monoisotopic (exact) mass is 1060 g/mol. The van der Waals surface area contributed by atoms with Crippen molar-refractivity contribution in [3.8, 4) is 34.0 Å². The van der Waals surface area contributed by atoms with Gasteiger partial charge < -0.3 is 9.47 Å². The number of alkyl halides is 6. The van der Waals surface area contributed by atoms with E-state index in [-0.39, 0.29) is 46.5 Å². The lowest BCUT2D eigenvalue weighted by Gasteiger charge is -2.28. The van der Waals surface area contributed by atoms with Crippen LogP contribution in [0.2, 0.25) is 0 Å². The summed E-state index contributed by atoms with van der Waals surface area (Å²) in [6, 6.07) is 19.2. The summed E-state index contributed by atoms with van der Waals surface area (Å²) in [5.74, 6) is 0.345. The number of aryl methyl sites for hydroxylation is 2. The first kappa shape index (κ1) is 49.9. The van der Waals surface area contributed by atoms with Gasteiger partial charge >= 0.3 is 12.4 Å². The van der Waals surface area contributed by atoms with Crippen molar-refractivity contribution in [2.24, 2.45) is 0 Å². The molecule has 72 heavy (non-hydrogen) atoms. The average Bonchev–Trinajstić information content (AvgIpc) is 4.00. The zero-order valence-electron chi connectivity index (χ0n) is 37.6. The van der Waals surface area contributed by atoms with Crippen molar-refractivity contribution >= 4 is 54.4 Å². The molecule has 0 radical (unpaired) electrons. The summed E-state index contributed by atoms with van der Waals surface area (Å²) < 4.78 is 149. The highest BCUT2D eigenvalue weighted by molar-refractivity contribution is 7.93. The molecule has 0 amide bonds. The maximum atomic E-state index is 13.5. The largest absolute Gasteiger partial charge is 0.493 e. The van der Waals surface area contributed by atoms with Crippen LogP contribution in [0, 0.1) is 13.8 Å². The molecular weight excluding hydrogens is 1030 g/mol. The summed E-state index contributed by atoms with van der Waals surface area (Å²) in [4.78, 5) is 24.1. The number of aromatic nitrogens is 6. The molecule has 4 aromatic carbocycles. The smallest absolute Gasteiger partial charge is 0.416 e. The Morgan fingerprint density at radius 1 is 0.556 bits per heavy atom. The van der Waals surface area contributed by atoms with Gasteiger partial charge in [-0.1, -0.05) is 24.3 Å². The van der Waals surface area contributed by atoms with E-state index in [1.807, 2.05) is 0 Å². The van der Waals surface area contributed by atoms with E-state index < -0.39 is 43.5 Å². The maximum absolute atomic E-state index is 13.5. The number of anilines is 2. The van der Waals surface area contributed by atoms with Crippen molar-refractivity contribution in [3.05, 3.63) is 164 Å². The Kier molecular flexibility index (Phi) is 13.8. The second kappa shape index (κ2) is 19.9. The van der Waals surface area contributed by atoms with E-state index in [1.165, 1.54) is 96.3 Å². The number of sulfonamides is 2. The van der Waals surface area contributed by atoms with Gasteiger partial charge in [-0.3, -0.25) is 9.44 Å². The van der Waals surface area contributed by atoms with Gasteiger partial charge in [-0.2, -0.15) is 26.3 Å². The van der Waals surface area contributed by atoms with Gasteiger partial charge in [-0.25, -0.2) is 46.7 Å². The maximum Gasteiger partial charge on any atom is 0.416 e. The predicted octanol–water partition coefficient (Wildman–Crippen LogP) is 11.3. The second-order valence-corrected chi connectivity index (χ2v) is 21.8. The molecule has 0 aliphatic carbocycles. The van der Waals surface area contributed by atoms with Gasteiger partial charge in [0.15, 0.2) is 0 Å². The summed E-state index contributed by atoms with van der Waals surface area (Å²) in [5, 5.41) is 4.96. The van der Waals surface area contributed by atoms with Crippen molar-refractivity contribution in [2.75, 3.05) is 22.7 Å². The van der Waals surface area contributed by atoms with Crippen LogP contribution in [0.1, 0.15) is 68.1 Å². The molecule has 0 saturated carbocycles. The van der Waals surface area contributed by atoms with E-state index in [0.29, 0.717) is 69.1 Å². The number of hydrogen-bond acceptors (Lipinski definition) is 14. The third-order valence-electron chi connectivity index (χ3n) is 11.6. The van der Waals surface area contributed by atoms with Crippen molar-refractivity contribution in [1.82, 2.24) is 29.9 Å². The summed E-state index contributed by atoms with van der Waals surface area (Å²) in [6.07, 6.45) is -2.68. The summed E-state index contributed by atoms with van der Waals surface area (Å²) in [7, 11) is -7.91. The van der Waals surface area contributed by atoms with Crippen LogP contribution in [0.4, 0.5) is 38.0 Å². The molecule has 10 rings (SSSR count). The van der Waals surface area contributed by atoms with Crippen molar-refractivity contribution in [2.45, 2.75) is 60.7 Å². The van der Waals surface area contributed by atoms with Crippen LogP contribution in [0.25, 0.3) is 22.5 Å². The van der Waals surface area contributed by atoms with Crippen LogP contribution < -0.4 is 18.9 Å². The molecule has 0 saturated heterocycles. The lowest BCUT2D eigenvalue weighted by atomic mass is 9.83. The molecule has 4 aromatic heterocycles. The standard InChI is InChI=1S/2C24H19F3N4O3S2/c2*1-14-30-21(12-35-14)20-10-15(24(25,26)27)2-4-17(20)18-7-9-34-22-11-16(3-5-19(18)22)36(32,33)31-23-6-8-28-13-29-23/h2*2-6,8,10-13,18H,7,9H2,1H3,(H,28,29,31)/t2*18-/m10/s1. The fourth-order valence-electron chi connectivity index (χ4n) is 8.31. The zero-order chi connectivity index (χ0) is 51.0. The molecule has 2 aliphatic rings. The predicted molar refractivity (Wildman–Crippen MR) is 257 cm³/mol. The first-order valence-corrected chi connectivity index (χ1v) is 26.3. The Morgan fingerprint density at radius 3 is 1.31 bits per heavy atom. The van der Waals surface area contributed by atoms with Gasteiger partial charge in [0.2, 0.25) is 0 Å². The lowest BCUT2D eigenvalue weighted by Crippen LogP contribution is -2.18. The molecule has 0 spiro atoms. The van der Waals surface area contributed by atoms with Crippen molar-refractivity contribution in [1.29, 1.82) is 0 Å². The SMILES string of the molecule is Cc1nc(-c2cc(C(F)(F)F)ccc2[C@@H]2CCOc3cc(S(=O)(=O)Nc4ccncn4)ccc32)cs1.Cc1nc(-c2cc(C(F)(F)F)ccc2[C@H]2CCOc3cc(S(=O)(=O)Nc4ccncn4)ccc32)cs1. The van der Waals surface area contributed by atoms with E-state index in [0.717, 1.165) is 34.3 Å². The summed E-state index contributed by atoms with van der Waals surface area (Å²) >= 11 is 2.72. The molecule has 0 fully saturated rings. The molecule has 8 aromatic rings. The number of fused-ring (bicyclic) bond motifs is 2. The zero-order valence-corrected chi connectivity index (χ0v) is 40.8. The minimum absolute atomic E-state index is 0.0247. The van der Waals surface area contributed by atoms with Gasteiger partial charge in [0, 0.05) is 69.4 Å². The van der Waals surface area contributed by atoms with Crippen LogP contribution in [-0.4, -0.2) is 60.0 Å². The van der Waals surface area contributed by atoms with Gasteiger partial charge in [-0.05, 0) is 86.3 Å². The number of rotatable bonds is 10. The molecule has 372 valence electrons. The Balaban J connectivity index is 0.000000178. The molecule has 2 aliphatic heterocycles. The minimum Gasteiger partial charge on any atom is -0.493 e. The Morgan fingerprint density at radius 2 is 0.958 bits per heavy atom. The molecule has 24 heteroatoms. The van der Waals surface area contributed by atoms with Crippen LogP contribution >= 0.6 is 22.7 Å². The van der Waals surface area contributed by atoms with E-state index in [9.17, 15) is 43.2 Å². The first-order valence-electron chi connectivity index (χ1n) is 21.6. The van der Waals surface area contributed by atoms with E-state index >= 15 is 0 Å². The first-order chi connectivity index (χ1) is 34.2. The van der Waals surface area contributed by atoms with Crippen molar-refractivity contribution in [3.63, 3.8) is 0 Å². The quantitative estimate of drug-likeness (QED) is 0.124. The molecule has 0 unspecified atom stereocenters. The fraction of sp³-hybridized carbons (Fsp3) is 0.208. The van der Waals surface area contributed by atoms with Crippen LogP contribution in [0.3, 0.4) is 0 Å². The number of nitrogens with zero attached hydrogens (tertiary/aromatic N) is 6. The number of ether oxygens (including phenoxy) is 2. The molecule has 0 bridgehead atoms. The Labute approximate surface area is 416 Å². The Hall–Kier alpha value is -7.02. The second-order valence-electron chi connectivity index (χ2n) is 16.3. The average molecular weight is 1070 g/mol. The minimum atomic E-state index is -4.49. The van der Waals surface area contributed by atoms with E-state index in [2.05, 4.69) is 39.3 Å². The molecular formula is C48H38F6N8O6S4. The summed E-state index contributed by atoms with van der Waals surface area (Å²) in [6.45, 7) is 4.14. The highest BCUT2D eigenvalue weighted by Gasteiger charge is 2.36. The third-order valence-corrected chi connectivity index (χ3v) is 15.9.